The van der Waals surface area contributed by atoms with Gasteiger partial charge in [0.15, 0.2) is 0 Å². The molecule has 1 aromatic rings. The topological polar surface area (TPSA) is 67.4 Å². The Labute approximate surface area is 100 Å². The molecular formula is C12H16N2O3. The van der Waals surface area contributed by atoms with E-state index in [9.17, 15) is 9.59 Å². The molecule has 0 unspecified atom stereocenters. The van der Waals surface area contributed by atoms with Crippen LogP contribution in [0.1, 0.15) is 16.8 Å². The van der Waals surface area contributed by atoms with Crippen LogP contribution < -0.4 is 15.4 Å². The van der Waals surface area contributed by atoms with Crippen LogP contribution in [0.15, 0.2) is 24.3 Å². The van der Waals surface area contributed by atoms with Crippen LogP contribution in [-0.2, 0) is 4.79 Å². The Kier molecular flexibility index (Phi) is 5.57. The summed E-state index contributed by atoms with van der Waals surface area (Å²) >= 11 is 0. The van der Waals surface area contributed by atoms with E-state index in [0.717, 1.165) is 0 Å². The van der Waals surface area contributed by atoms with Crippen molar-refractivity contribution in [1.82, 2.24) is 10.6 Å². The summed E-state index contributed by atoms with van der Waals surface area (Å²) in [5, 5.41) is 5.29. The summed E-state index contributed by atoms with van der Waals surface area (Å²) in [6.07, 6.45) is 1.33. The first-order chi connectivity index (χ1) is 8.29. The molecule has 5 heteroatoms. The molecule has 0 atom stereocenters. The fourth-order valence-corrected chi connectivity index (χ4v) is 1.38. The van der Waals surface area contributed by atoms with Crippen LogP contribution in [0, 0.1) is 0 Å². The van der Waals surface area contributed by atoms with Crippen molar-refractivity contribution in [2.24, 2.45) is 0 Å². The highest BCUT2D eigenvalue weighted by Gasteiger charge is 2.09. The van der Waals surface area contributed by atoms with Crippen molar-refractivity contribution < 1.29 is 14.3 Å². The first-order valence-corrected chi connectivity index (χ1v) is 5.38. The van der Waals surface area contributed by atoms with Gasteiger partial charge in [-0.1, -0.05) is 12.1 Å². The van der Waals surface area contributed by atoms with Crippen LogP contribution >= 0.6 is 0 Å². The summed E-state index contributed by atoms with van der Waals surface area (Å²) in [6, 6.07) is 7.04. The zero-order valence-electron chi connectivity index (χ0n) is 9.73. The van der Waals surface area contributed by atoms with Crippen molar-refractivity contribution in [3.05, 3.63) is 29.8 Å². The van der Waals surface area contributed by atoms with Crippen molar-refractivity contribution >= 4 is 12.3 Å². The second kappa shape index (κ2) is 7.27. The van der Waals surface area contributed by atoms with Gasteiger partial charge in [-0.15, -0.1) is 0 Å². The van der Waals surface area contributed by atoms with Gasteiger partial charge in [-0.25, -0.2) is 0 Å². The van der Waals surface area contributed by atoms with E-state index in [0.29, 0.717) is 37.2 Å². The summed E-state index contributed by atoms with van der Waals surface area (Å²) in [6.45, 7) is 1.06. The number of ether oxygens (including phenoxy) is 1. The number of carbonyl (C=O) groups excluding carboxylic acids is 2. The van der Waals surface area contributed by atoms with Crippen molar-refractivity contribution in [2.75, 3.05) is 20.2 Å². The molecular weight excluding hydrogens is 220 g/mol. The Morgan fingerprint density at radius 3 is 2.82 bits per heavy atom. The summed E-state index contributed by atoms with van der Waals surface area (Å²) in [5.74, 6) is 0.379. The van der Waals surface area contributed by atoms with Crippen molar-refractivity contribution in [2.45, 2.75) is 6.42 Å². The lowest BCUT2D eigenvalue weighted by Gasteiger charge is -2.08. The molecule has 0 bridgehead atoms. The Bertz CT molecular complexity index is 380. The van der Waals surface area contributed by atoms with Crippen LogP contribution in [0.2, 0.25) is 0 Å². The van der Waals surface area contributed by atoms with Crippen molar-refractivity contribution in [3.8, 4) is 5.75 Å². The highest BCUT2D eigenvalue weighted by Crippen LogP contribution is 2.16. The number of benzene rings is 1. The number of carbonyl (C=O) groups is 2. The Hall–Kier alpha value is -2.04. The predicted octanol–water partition coefficient (Wildman–Crippen LogP) is 0.561. The molecule has 0 saturated carbocycles. The fourth-order valence-electron chi connectivity index (χ4n) is 1.38. The summed E-state index contributed by atoms with van der Waals surface area (Å²) < 4.78 is 5.09. The molecule has 0 aliphatic heterocycles. The molecule has 0 aliphatic rings. The summed E-state index contributed by atoms with van der Waals surface area (Å²) in [4.78, 5) is 21.8. The van der Waals surface area contributed by atoms with Gasteiger partial charge in [0, 0.05) is 13.1 Å². The van der Waals surface area contributed by atoms with E-state index in [2.05, 4.69) is 10.6 Å². The van der Waals surface area contributed by atoms with E-state index in [1.165, 1.54) is 7.11 Å². The number of amides is 2. The second-order valence-electron chi connectivity index (χ2n) is 3.38. The van der Waals surface area contributed by atoms with Crippen molar-refractivity contribution in [1.29, 1.82) is 0 Å². The minimum absolute atomic E-state index is 0.173. The minimum atomic E-state index is -0.173. The Morgan fingerprint density at radius 2 is 2.12 bits per heavy atom. The zero-order chi connectivity index (χ0) is 12.5. The van der Waals surface area contributed by atoms with Gasteiger partial charge in [0.1, 0.15) is 5.75 Å². The quantitative estimate of drug-likeness (QED) is 0.537. The Morgan fingerprint density at radius 1 is 1.35 bits per heavy atom. The molecule has 0 fully saturated rings. The SMILES string of the molecule is COc1ccccc1C(=O)NCCCNC=O. The normalized spacial score (nSPS) is 9.47. The molecule has 0 spiro atoms. The van der Waals surface area contributed by atoms with Gasteiger partial charge >= 0.3 is 0 Å². The van der Waals surface area contributed by atoms with E-state index >= 15 is 0 Å². The average Bonchev–Trinajstić information content (AvgIpc) is 2.38. The number of hydrogen-bond donors (Lipinski definition) is 2. The van der Waals surface area contributed by atoms with Crippen LogP contribution in [-0.4, -0.2) is 32.5 Å². The van der Waals surface area contributed by atoms with Crippen LogP contribution in [0.5, 0.6) is 5.75 Å². The van der Waals surface area contributed by atoms with Gasteiger partial charge in [0.2, 0.25) is 6.41 Å². The highest BCUT2D eigenvalue weighted by atomic mass is 16.5. The molecule has 0 radical (unpaired) electrons. The van der Waals surface area contributed by atoms with E-state index in [4.69, 9.17) is 4.74 Å². The predicted molar refractivity (Wildman–Crippen MR) is 64.0 cm³/mol. The lowest BCUT2D eigenvalue weighted by molar-refractivity contribution is -0.109. The number of nitrogens with one attached hydrogen (secondary N) is 2. The maximum atomic E-state index is 11.8. The number of hydrogen-bond acceptors (Lipinski definition) is 3. The Balaban J connectivity index is 2.44. The van der Waals surface area contributed by atoms with Gasteiger partial charge in [0.25, 0.3) is 5.91 Å². The lowest BCUT2D eigenvalue weighted by Crippen LogP contribution is -2.27. The van der Waals surface area contributed by atoms with Gasteiger partial charge < -0.3 is 15.4 Å². The molecule has 92 valence electrons. The average molecular weight is 236 g/mol. The lowest BCUT2D eigenvalue weighted by atomic mass is 10.2. The van der Waals surface area contributed by atoms with Crippen molar-refractivity contribution in [3.63, 3.8) is 0 Å². The molecule has 0 heterocycles. The van der Waals surface area contributed by atoms with Gasteiger partial charge in [-0.2, -0.15) is 0 Å². The first kappa shape index (κ1) is 13.0. The third-order valence-corrected chi connectivity index (χ3v) is 2.22. The zero-order valence-corrected chi connectivity index (χ0v) is 9.73. The summed E-state index contributed by atoms with van der Waals surface area (Å²) in [5.41, 5.74) is 0.512. The number of rotatable bonds is 7. The first-order valence-electron chi connectivity index (χ1n) is 5.38. The molecule has 1 rings (SSSR count). The maximum Gasteiger partial charge on any atom is 0.255 e. The number of para-hydroxylation sites is 1. The monoisotopic (exact) mass is 236 g/mol. The van der Waals surface area contributed by atoms with E-state index < -0.39 is 0 Å². The molecule has 0 aromatic heterocycles. The van der Waals surface area contributed by atoms with Crippen LogP contribution in [0.3, 0.4) is 0 Å². The molecule has 1 aromatic carbocycles. The number of methoxy groups -OCH3 is 1. The molecule has 0 saturated heterocycles. The molecule has 17 heavy (non-hydrogen) atoms. The summed E-state index contributed by atoms with van der Waals surface area (Å²) in [7, 11) is 1.53. The molecule has 2 N–H and O–H groups in total. The molecule has 2 amide bonds. The van der Waals surface area contributed by atoms with E-state index in [-0.39, 0.29) is 5.91 Å². The van der Waals surface area contributed by atoms with E-state index in [1.54, 1.807) is 18.2 Å². The second-order valence-corrected chi connectivity index (χ2v) is 3.38. The minimum Gasteiger partial charge on any atom is -0.496 e. The van der Waals surface area contributed by atoms with Crippen LogP contribution in [0.4, 0.5) is 0 Å². The standard InChI is InChI=1S/C12H16N2O3/c1-17-11-6-3-2-5-10(11)12(16)14-8-4-7-13-9-15/h2-3,5-6,9H,4,7-8H2,1H3,(H,13,15)(H,14,16). The third kappa shape index (κ3) is 4.14. The molecule has 5 nitrogen and oxygen atoms in total. The van der Waals surface area contributed by atoms with E-state index in [1.807, 2.05) is 6.07 Å². The molecule has 0 aliphatic carbocycles. The van der Waals surface area contributed by atoms with Gasteiger partial charge in [-0.3, -0.25) is 9.59 Å². The van der Waals surface area contributed by atoms with Gasteiger partial charge in [-0.05, 0) is 18.6 Å². The third-order valence-electron chi connectivity index (χ3n) is 2.22. The highest BCUT2D eigenvalue weighted by molar-refractivity contribution is 5.96. The van der Waals surface area contributed by atoms with Gasteiger partial charge in [0.05, 0.1) is 12.7 Å². The maximum absolute atomic E-state index is 11.8. The smallest absolute Gasteiger partial charge is 0.255 e. The largest absolute Gasteiger partial charge is 0.496 e. The van der Waals surface area contributed by atoms with Crippen LogP contribution in [0.25, 0.3) is 0 Å². The fraction of sp³-hybridized carbons (Fsp3) is 0.333.